The average molecular weight is 311 g/mol. The Bertz CT molecular complexity index is 628. The van der Waals surface area contributed by atoms with Crippen LogP contribution in [0.25, 0.3) is 0 Å². The molecule has 1 aliphatic rings. The normalized spacial score (nSPS) is 22.5. The van der Waals surface area contributed by atoms with E-state index >= 15 is 0 Å². The Morgan fingerprint density at radius 2 is 2.10 bits per heavy atom. The Labute approximate surface area is 125 Å². The molecule has 116 valence electrons. The van der Waals surface area contributed by atoms with Crippen LogP contribution in [0.4, 0.5) is 5.69 Å². The number of sulfonamides is 1. The van der Waals surface area contributed by atoms with Crippen molar-refractivity contribution in [1.82, 2.24) is 9.62 Å². The molecule has 1 saturated heterocycles. The van der Waals surface area contributed by atoms with Crippen LogP contribution in [-0.4, -0.2) is 45.3 Å². The van der Waals surface area contributed by atoms with Crippen molar-refractivity contribution in [2.24, 2.45) is 5.92 Å². The highest BCUT2D eigenvalue weighted by Gasteiger charge is 2.29. The lowest BCUT2D eigenvalue weighted by Gasteiger charge is -2.16. The molecule has 0 saturated carbocycles. The number of anilines is 1. The van der Waals surface area contributed by atoms with Crippen molar-refractivity contribution >= 4 is 21.6 Å². The molecule has 1 aliphatic heterocycles. The van der Waals surface area contributed by atoms with Gasteiger partial charge in [-0.25, -0.2) is 12.7 Å². The lowest BCUT2D eigenvalue weighted by Crippen LogP contribution is -2.39. The van der Waals surface area contributed by atoms with Crippen molar-refractivity contribution in [2.45, 2.75) is 24.3 Å². The van der Waals surface area contributed by atoms with E-state index < -0.39 is 10.0 Å². The van der Waals surface area contributed by atoms with E-state index in [2.05, 4.69) is 10.6 Å². The summed E-state index contributed by atoms with van der Waals surface area (Å²) in [5.74, 6) is 0.151. The first-order chi connectivity index (χ1) is 9.82. The highest BCUT2D eigenvalue weighted by atomic mass is 32.2. The summed E-state index contributed by atoms with van der Waals surface area (Å²) in [6.45, 7) is 2.85. The van der Waals surface area contributed by atoms with Gasteiger partial charge in [0, 0.05) is 19.8 Å². The molecule has 0 radical (unpaired) electrons. The van der Waals surface area contributed by atoms with Crippen LogP contribution in [0.5, 0.6) is 0 Å². The molecule has 0 aromatic heterocycles. The predicted molar refractivity (Wildman–Crippen MR) is 81.5 cm³/mol. The summed E-state index contributed by atoms with van der Waals surface area (Å²) >= 11 is 0. The van der Waals surface area contributed by atoms with Gasteiger partial charge in [0.25, 0.3) is 0 Å². The van der Waals surface area contributed by atoms with E-state index in [0.717, 1.165) is 17.3 Å². The number of amides is 1. The van der Waals surface area contributed by atoms with Gasteiger partial charge in [0.2, 0.25) is 15.9 Å². The summed E-state index contributed by atoms with van der Waals surface area (Å²) in [6.07, 6.45) is 0.965. The van der Waals surface area contributed by atoms with E-state index in [1.54, 1.807) is 12.1 Å². The second-order valence-corrected chi connectivity index (χ2v) is 7.65. The van der Waals surface area contributed by atoms with Gasteiger partial charge in [0.05, 0.1) is 10.9 Å². The monoisotopic (exact) mass is 311 g/mol. The third-order valence-electron chi connectivity index (χ3n) is 3.70. The molecule has 0 bridgehead atoms. The quantitative estimate of drug-likeness (QED) is 0.865. The van der Waals surface area contributed by atoms with Gasteiger partial charge in [-0.05, 0) is 37.1 Å². The van der Waals surface area contributed by atoms with Crippen LogP contribution in [0.3, 0.4) is 0 Å². The zero-order valence-corrected chi connectivity index (χ0v) is 13.3. The number of carbonyl (C=O) groups excluding carboxylic acids is 1. The molecular formula is C14H21N3O3S. The fourth-order valence-corrected chi connectivity index (χ4v) is 3.30. The maximum atomic E-state index is 12.2. The average Bonchev–Trinajstić information content (AvgIpc) is 2.85. The molecule has 1 aromatic carbocycles. The van der Waals surface area contributed by atoms with Gasteiger partial charge in [-0.1, -0.05) is 13.0 Å². The number of carbonyl (C=O) groups is 1. The number of nitrogens with zero attached hydrogens (tertiary/aromatic N) is 1. The van der Waals surface area contributed by atoms with E-state index in [1.807, 2.05) is 6.92 Å². The molecule has 2 N–H and O–H groups in total. The Morgan fingerprint density at radius 3 is 2.67 bits per heavy atom. The van der Waals surface area contributed by atoms with Gasteiger partial charge in [0.1, 0.15) is 0 Å². The van der Waals surface area contributed by atoms with E-state index in [0.29, 0.717) is 5.69 Å². The Morgan fingerprint density at radius 1 is 1.38 bits per heavy atom. The van der Waals surface area contributed by atoms with Gasteiger partial charge in [-0.3, -0.25) is 4.79 Å². The van der Waals surface area contributed by atoms with Crippen molar-refractivity contribution in [3.8, 4) is 0 Å². The van der Waals surface area contributed by atoms with Gasteiger partial charge in [-0.15, -0.1) is 0 Å². The van der Waals surface area contributed by atoms with Crippen LogP contribution < -0.4 is 10.6 Å². The number of hydrogen-bond acceptors (Lipinski definition) is 4. The van der Waals surface area contributed by atoms with Crippen molar-refractivity contribution in [1.29, 1.82) is 0 Å². The molecule has 2 atom stereocenters. The summed E-state index contributed by atoms with van der Waals surface area (Å²) in [6, 6.07) is 6.08. The van der Waals surface area contributed by atoms with Crippen molar-refractivity contribution in [3.05, 3.63) is 24.3 Å². The molecule has 7 heteroatoms. The smallest absolute Gasteiger partial charge is 0.242 e. The first kappa shape index (κ1) is 15.9. The Kier molecular flexibility index (Phi) is 4.65. The second-order valence-electron chi connectivity index (χ2n) is 5.50. The van der Waals surface area contributed by atoms with Crippen LogP contribution in [0.15, 0.2) is 29.2 Å². The van der Waals surface area contributed by atoms with Crippen LogP contribution in [0, 0.1) is 5.92 Å². The summed E-state index contributed by atoms with van der Waals surface area (Å²) in [5, 5.41) is 5.93. The van der Waals surface area contributed by atoms with E-state index in [1.165, 1.54) is 26.2 Å². The molecule has 2 rings (SSSR count). The number of hydrogen-bond donors (Lipinski definition) is 2. The molecule has 1 fully saturated rings. The molecule has 0 spiro atoms. The molecule has 1 amide bonds. The fraction of sp³-hybridized carbons (Fsp3) is 0.500. The molecule has 1 aromatic rings. The van der Waals surface area contributed by atoms with Crippen molar-refractivity contribution in [3.63, 3.8) is 0 Å². The molecule has 0 aliphatic carbocycles. The molecule has 1 heterocycles. The first-order valence-corrected chi connectivity index (χ1v) is 8.33. The van der Waals surface area contributed by atoms with Gasteiger partial charge in [0.15, 0.2) is 0 Å². The number of rotatable bonds is 4. The number of nitrogens with one attached hydrogen (secondary N) is 2. The third-order valence-corrected chi connectivity index (χ3v) is 5.51. The van der Waals surface area contributed by atoms with Crippen LogP contribution >= 0.6 is 0 Å². The first-order valence-electron chi connectivity index (χ1n) is 6.89. The zero-order valence-electron chi connectivity index (χ0n) is 12.5. The summed E-state index contributed by atoms with van der Waals surface area (Å²) < 4.78 is 25.3. The van der Waals surface area contributed by atoms with Gasteiger partial charge >= 0.3 is 0 Å². The maximum Gasteiger partial charge on any atom is 0.242 e. The topological polar surface area (TPSA) is 78.5 Å². The van der Waals surface area contributed by atoms with Crippen molar-refractivity contribution in [2.75, 3.05) is 26.0 Å². The standard InChI is InChI=1S/C14H21N3O3S/c1-10-7-8-15-13(10)14(18)16-11-5-4-6-12(9-11)21(19,20)17(2)3/h4-6,9-10,13,15H,7-8H2,1-3H3,(H,16,18). The summed E-state index contributed by atoms with van der Waals surface area (Å²) in [4.78, 5) is 12.4. The molecule has 6 nitrogen and oxygen atoms in total. The summed E-state index contributed by atoms with van der Waals surface area (Å²) in [5.41, 5.74) is 0.490. The van der Waals surface area contributed by atoms with Crippen LogP contribution in [-0.2, 0) is 14.8 Å². The Hall–Kier alpha value is -1.44. The summed E-state index contributed by atoms with van der Waals surface area (Å²) in [7, 11) is -0.545. The third kappa shape index (κ3) is 3.42. The predicted octanol–water partition coefficient (Wildman–Crippen LogP) is 0.873. The van der Waals surface area contributed by atoms with Crippen molar-refractivity contribution < 1.29 is 13.2 Å². The lowest BCUT2D eigenvalue weighted by molar-refractivity contribution is -0.118. The van der Waals surface area contributed by atoms with Crippen LogP contribution in [0.1, 0.15) is 13.3 Å². The SMILES string of the molecule is CC1CCNC1C(=O)Nc1cccc(S(=O)(=O)N(C)C)c1. The highest BCUT2D eigenvalue weighted by Crippen LogP contribution is 2.20. The Balaban J connectivity index is 2.17. The molecular weight excluding hydrogens is 290 g/mol. The zero-order chi connectivity index (χ0) is 15.6. The van der Waals surface area contributed by atoms with E-state index in [-0.39, 0.29) is 22.8 Å². The largest absolute Gasteiger partial charge is 0.325 e. The lowest BCUT2D eigenvalue weighted by atomic mass is 10.0. The maximum absolute atomic E-state index is 12.2. The van der Waals surface area contributed by atoms with Gasteiger partial charge in [-0.2, -0.15) is 0 Å². The molecule has 2 unspecified atom stereocenters. The van der Waals surface area contributed by atoms with Crippen LogP contribution in [0.2, 0.25) is 0 Å². The minimum absolute atomic E-state index is 0.126. The molecule has 21 heavy (non-hydrogen) atoms. The number of benzene rings is 1. The van der Waals surface area contributed by atoms with Gasteiger partial charge < -0.3 is 10.6 Å². The highest BCUT2D eigenvalue weighted by molar-refractivity contribution is 7.89. The van der Waals surface area contributed by atoms with E-state index in [4.69, 9.17) is 0 Å². The second kappa shape index (κ2) is 6.13. The minimum atomic E-state index is -3.50. The fourth-order valence-electron chi connectivity index (χ4n) is 2.35. The minimum Gasteiger partial charge on any atom is -0.325 e. The van der Waals surface area contributed by atoms with E-state index in [9.17, 15) is 13.2 Å².